The normalized spacial score (nSPS) is 17.1. The van der Waals surface area contributed by atoms with Crippen LogP contribution < -0.4 is 21.4 Å². The number of thioether (sulfide) groups is 1. The number of rotatable bonds is 4. The van der Waals surface area contributed by atoms with Crippen molar-refractivity contribution >= 4 is 62.7 Å². The Morgan fingerprint density at radius 3 is 2.63 bits per heavy atom. The Bertz CT molecular complexity index is 1460. The van der Waals surface area contributed by atoms with E-state index in [4.69, 9.17) is 11.1 Å². The minimum Gasteiger partial charge on any atom is -0.477 e. The van der Waals surface area contributed by atoms with Gasteiger partial charge in [0, 0.05) is 36.9 Å². The average molecular weight is 518 g/mol. The number of nitrogens with zero attached hydrogens (tertiary/aromatic N) is 4. The minimum absolute atomic E-state index is 0.0341. The number of aromatic nitrogens is 2. The van der Waals surface area contributed by atoms with E-state index in [1.807, 2.05) is 6.92 Å². The Labute approximate surface area is 205 Å². The lowest BCUT2D eigenvalue weighted by Crippen LogP contribution is -2.49. The monoisotopic (exact) mass is 517 g/mol. The second-order valence-electron chi connectivity index (χ2n) is 8.08. The number of carbonyl (C=O) groups is 2. The zero-order valence-corrected chi connectivity index (χ0v) is 20.0. The topological polar surface area (TPSA) is 158 Å². The van der Waals surface area contributed by atoms with Crippen LogP contribution in [0.4, 0.5) is 15.2 Å². The molecule has 5 rings (SSSR count). The number of hydrogen-bond acceptors (Lipinski definition) is 8. The summed E-state index contributed by atoms with van der Waals surface area (Å²) in [4.78, 5) is 44.8. The quantitative estimate of drug-likeness (QED) is 0.301. The third-order valence-electron chi connectivity index (χ3n) is 5.96. The Hall–Kier alpha value is -3.65. The first-order valence-corrected chi connectivity index (χ1v) is 12.3. The molecule has 2 aromatic heterocycles. The standard InChI is InChI=1S/C21H20FN7O4S2/c1-9-29-13-7-14(11(22)6-10(13)16(30)15(19(32)33)18(29)35-9)27-2-4-28(5-3-27)17(31)12-8-34-21(25-12)26-20(23)24/h6-9H,2-5H2,1H3,(H,32,33)(H4,23,24,25,26). The molecule has 2 aliphatic heterocycles. The van der Waals surface area contributed by atoms with Crippen LogP contribution in [0.3, 0.4) is 0 Å². The van der Waals surface area contributed by atoms with Crippen molar-refractivity contribution in [2.24, 2.45) is 5.73 Å². The number of carboxylic acid groups (broad SMARTS) is 1. The van der Waals surface area contributed by atoms with E-state index in [1.165, 1.54) is 23.1 Å². The summed E-state index contributed by atoms with van der Waals surface area (Å²) in [5, 5.41) is 21.5. The maximum Gasteiger partial charge on any atom is 0.342 e. The summed E-state index contributed by atoms with van der Waals surface area (Å²) in [5.74, 6) is -2.48. The number of carboxylic acids is 1. The smallest absolute Gasteiger partial charge is 0.342 e. The lowest BCUT2D eigenvalue weighted by molar-refractivity contribution is 0.0688. The van der Waals surface area contributed by atoms with E-state index in [0.717, 1.165) is 6.07 Å². The highest BCUT2D eigenvalue weighted by Gasteiger charge is 2.34. The van der Waals surface area contributed by atoms with Gasteiger partial charge in [0.05, 0.1) is 21.6 Å². The van der Waals surface area contributed by atoms with Crippen LogP contribution in [0.5, 0.6) is 0 Å². The number of hydrogen-bond donors (Lipinski definition) is 4. The van der Waals surface area contributed by atoms with Crippen molar-refractivity contribution < 1.29 is 19.1 Å². The second kappa shape index (κ2) is 8.53. The number of fused-ring (bicyclic) bond motifs is 3. The van der Waals surface area contributed by atoms with Crippen LogP contribution in [-0.2, 0) is 0 Å². The van der Waals surface area contributed by atoms with Gasteiger partial charge < -0.3 is 30.5 Å². The van der Waals surface area contributed by atoms with Crippen molar-refractivity contribution in [2.75, 3.05) is 36.4 Å². The maximum absolute atomic E-state index is 15.1. The van der Waals surface area contributed by atoms with Crippen molar-refractivity contribution in [2.45, 2.75) is 17.3 Å². The second-order valence-corrected chi connectivity index (χ2v) is 10.2. The number of amides is 1. The molecule has 35 heavy (non-hydrogen) atoms. The summed E-state index contributed by atoms with van der Waals surface area (Å²) in [6.07, 6.45) is 0. The Morgan fingerprint density at radius 2 is 2.00 bits per heavy atom. The van der Waals surface area contributed by atoms with Gasteiger partial charge in [0.2, 0.25) is 5.43 Å². The molecule has 0 spiro atoms. The maximum atomic E-state index is 15.1. The van der Waals surface area contributed by atoms with Gasteiger partial charge in [-0.3, -0.25) is 15.0 Å². The van der Waals surface area contributed by atoms with Gasteiger partial charge in [0.15, 0.2) is 11.1 Å². The third-order valence-corrected chi connectivity index (χ3v) is 7.89. The van der Waals surface area contributed by atoms with Crippen molar-refractivity contribution in [3.05, 3.63) is 44.8 Å². The number of halogens is 1. The average Bonchev–Trinajstić information content (AvgIpc) is 3.26. The van der Waals surface area contributed by atoms with Crippen molar-refractivity contribution in [1.82, 2.24) is 14.5 Å². The summed E-state index contributed by atoms with van der Waals surface area (Å²) < 4.78 is 16.9. The van der Waals surface area contributed by atoms with Crippen LogP contribution in [0.25, 0.3) is 10.9 Å². The first-order chi connectivity index (χ1) is 16.7. The van der Waals surface area contributed by atoms with Gasteiger partial charge in [-0.05, 0) is 19.1 Å². The third kappa shape index (κ3) is 3.87. The van der Waals surface area contributed by atoms with Gasteiger partial charge in [-0.25, -0.2) is 14.2 Å². The van der Waals surface area contributed by atoms with E-state index >= 15 is 4.39 Å². The molecule has 182 valence electrons. The summed E-state index contributed by atoms with van der Waals surface area (Å²) >= 11 is 2.46. The summed E-state index contributed by atoms with van der Waals surface area (Å²) in [6, 6.07) is 2.70. The highest BCUT2D eigenvalue weighted by molar-refractivity contribution is 8.00. The molecule has 4 heterocycles. The molecule has 11 nitrogen and oxygen atoms in total. The molecule has 0 bridgehead atoms. The SMILES string of the molecule is CC1Sc2c(C(=O)O)c(=O)c3cc(F)c(N4CCN(C(=O)c5csc(NC(=N)N)n5)CC4)cc3n21. The predicted octanol–water partition coefficient (Wildman–Crippen LogP) is 2.19. The number of pyridine rings is 1. The molecule has 1 aromatic carbocycles. The molecule has 5 N–H and O–H groups in total. The first kappa shape index (κ1) is 23.1. The number of nitrogens with two attached hydrogens (primary N) is 1. The molecule has 1 atom stereocenters. The van der Waals surface area contributed by atoms with E-state index in [9.17, 15) is 19.5 Å². The molecule has 2 aliphatic rings. The number of aromatic carboxylic acids is 1. The molecule has 1 saturated heterocycles. The molecular weight excluding hydrogens is 497 g/mol. The fraction of sp³-hybridized carbons (Fsp3) is 0.286. The number of carbonyl (C=O) groups excluding carboxylic acids is 1. The number of nitrogens with one attached hydrogen (secondary N) is 2. The molecule has 14 heteroatoms. The molecule has 1 fully saturated rings. The lowest BCUT2D eigenvalue weighted by Gasteiger charge is -2.37. The van der Waals surface area contributed by atoms with E-state index in [1.54, 1.807) is 25.8 Å². The molecule has 1 unspecified atom stereocenters. The zero-order chi connectivity index (χ0) is 25.0. The van der Waals surface area contributed by atoms with Crippen molar-refractivity contribution in [3.63, 3.8) is 0 Å². The molecule has 0 radical (unpaired) electrons. The van der Waals surface area contributed by atoms with Gasteiger partial charge in [-0.1, -0.05) is 11.8 Å². The predicted molar refractivity (Wildman–Crippen MR) is 131 cm³/mol. The van der Waals surface area contributed by atoms with Crippen molar-refractivity contribution in [1.29, 1.82) is 5.41 Å². The summed E-state index contributed by atoms with van der Waals surface area (Å²) in [5.41, 5.74) is 5.29. The largest absolute Gasteiger partial charge is 0.477 e. The van der Waals surface area contributed by atoms with E-state index in [2.05, 4.69) is 10.3 Å². The Balaban J connectivity index is 1.39. The first-order valence-electron chi connectivity index (χ1n) is 10.6. The zero-order valence-electron chi connectivity index (χ0n) is 18.4. The van der Waals surface area contributed by atoms with Crippen LogP contribution >= 0.6 is 23.1 Å². The Morgan fingerprint density at radius 1 is 1.29 bits per heavy atom. The number of anilines is 2. The Kier molecular flexibility index (Phi) is 5.63. The molecule has 3 aromatic rings. The van der Waals surface area contributed by atoms with Crippen LogP contribution in [0.2, 0.25) is 0 Å². The fourth-order valence-electron chi connectivity index (χ4n) is 4.32. The van der Waals surface area contributed by atoms with Gasteiger partial charge >= 0.3 is 5.97 Å². The highest BCUT2D eigenvalue weighted by atomic mass is 32.2. The van der Waals surface area contributed by atoms with E-state index < -0.39 is 17.2 Å². The minimum atomic E-state index is -1.32. The van der Waals surface area contributed by atoms with Crippen LogP contribution in [0, 0.1) is 11.2 Å². The van der Waals surface area contributed by atoms with Gasteiger partial charge in [0.25, 0.3) is 5.91 Å². The van der Waals surface area contributed by atoms with Crippen LogP contribution in [0.15, 0.2) is 27.3 Å². The highest BCUT2D eigenvalue weighted by Crippen LogP contribution is 2.46. The van der Waals surface area contributed by atoms with Crippen LogP contribution in [0.1, 0.15) is 33.1 Å². The van der Waals surface area contributed by atoms with Gasteiger partial charge in [-0.2, -0.15) is 0 Å². The van der Waals surface area contributed by atoms with E-state index in [0.29, 0.717) is 47.5 Å². The summed E-state index contributed by atoms with van der Waals surface area (Å²) in [6.45, 7) is 3.30. The number of piperazine rings is 1. The summed E-state index contributed by atoms with van der Waals surface area (Å²) in [7, 11) is 0. The molecule has 0 saturated carbocycles. The van der Waals surface area contributed by atoms with E-state index in [-0.39, 0.29) is 33.9 Å². The lowest BCUT2D eigenvalue weighted by atomic mass is 10.1. The fourth-order valence-corrected chi connectivity index (χ4v) is 6.17. The number of benzene rings is 1. The molecular formula is C21H20FN7O4S2. The van der Waals surface area contributed by atoms with Gasteiger partial charge in [0.1, 0.15) is 17.1 Å². The van der Waals surface area contributed by atoms with Crippen molar-refractivity contribution in [3.8, 4) is 0 Å². The van der Waals surface area contributed by atoms with Crippen LogP contribution in [-0.4, -0.2) is 63.6 Å². The molecule has 1 amide bonds. The number of thiazole rings is 1. The van der Waals surface area contributed by atoms with Gasteiger partial charge in [-0.15, -0.1) is 11.3 Å². The number of guanidine groups is 1. The molecule has 0 aliphatic carbocycles.